The van der Waals surface area contributed by atoms with Gasteiger partial charge in [0.2, 0.25) is 10.0 Å². The van der Waals surface area contributed by atoms with Crippen LogP contribution in [0.25, 0.3) is 0 Å². The van der Waals surface area contributed by atoms with Crippen molar-refractivity contribution in [3.8, 4) is 5.75 Å². The zero-order chi connectivity index (χ0) is 27.6. The number of carbonyl (C=O) groups excluding carboxylic acids is 1. The summed E-state index contributed by atoms with van der Waals surface area (Å²) in [6.07, 6.45) is 0.0618. The molecule has 1 aliphatic rings. The van der Waals surface area contributed by atoms with Gasteiger partial charge in [-0.15, -0.1) is 0 Å². The number of carboxylic acid groups (broad SMARTS) is 1. The summed E-state index contributed by atoms with van der Waals surface area (Å²) in [5.74, 6) is -1.20. The van der Waals surface area contributed by atoms with Gasteiger partial charge in [-0.05, 0) is 54.3 Å². The van der Waals surface area contributed by atoms with E-state index >= 15 is 0 Å². The van der Waals surface area contributed by atoms with Gasteiger partial charge in [-0.2, -0.15) is 4.31 Å². The van der Waals surface area contributed by atoms with E-state index in [2.05, 4.69) is 0 Å². The number of nitrogens with zero attached hydrogens (tertiary/aromatic N) is 2. The third-order valence-corrected chi connectivity index (χ3v) is 8.56. The van der Waals surface area contributed by atoms with E-state index in [1.54, 1.807) is 44.4 Å². The predicted octanol–water partition coefficient (Wildman–Crippen LogP) is 4.26. The number of ether oxygens (including phenoxy) is 1. The number of rotatable bonds is 8. The molecule has 0 bridgehead atoms. The first-order valence-electron chi connectivity index (χ1n) is 12.4. The van der Waals surface area contributed by atoms with Crippen LogP contribution in [0.5, 0.6) is 5.75 Å². The highest BCUT2D eigenvalue weighted by atomic mass is 32.2. The molecule has 3 aromatic rings. The number of carboxylic acids is 1. The molecule has 202 valence electrons. The van der Waals surface area contributed by atoms with Crippen LogP contribution in [-0.2, 0) is 21.4 Å². The van der Waals surface area contributed by atoms with Crippen LogP contribution in [-0.4, -0.2) is 61.4 Å². The normalized spacial score (nSPS) is 17.6. The fourth-order valence-electron chi connectivity index (χ4n) is 4.51. The fourth-order valence-corrected chi connectivity index (χ4v) is 6.08. The van der Waals surface area contributed by atoms with Crippen LogP contribution in [0.1, 0.15) is 58.7 Å². The number of fused-ring (bicyclic) bond motifs is 1. The molecule has 9 nitrogen and oxygen atoms in total. The molecule has 0 aliphatic carbocycles. The lowest BCUT2D eigenvalue weighted by Crippen LogP contribution is -2.36. The van der Waals surface area contributed by atoms with E-state index < -0.39 is 21.9 Å². The van der Waals surface area contributed by atoms with Crippen molar-refractivity contribution in [1.82, 2.24) is 9.21 Å². The largest absolute Gasteiger partial charge is 0.488 e. The minimum absolute atomic E-state index is 0.0957. The zero-order valence-electron chi connectivity index (χ0n) is 21.9. The molecule has 1 amide bonds. The summed E-state index contributed by atoms with van der Waals surface area (Å²) in [6.45, 7) is 4.12. The molecule has 4 rings (SSSR count). The Labute approximate surface area is 222 Å². The van der Waals surface area contributed by atoms with Crippen LogP contribution >= 0.6 is 0 Å². The third kappa shape index (κ3) is 5.61. The Balaban J connectivity index is 1.71. The lowest BCUT2D eigenvalue weighted by molar-refractivity contribution is -0.137. The number of furan rings is 1. The molecule has 0 saturated heterocycles. The minimum Gasteiger partial charge on any atom is -0.488 e. The quantitative estimate of drug-likeness (QED) is 0.454. The average molecular weight is 541 g/mol. The Hall–Kier alpha value is -3.63. The van der Waals surface area contributed by atoms with Crippen LogP contribution in [0.4, 0.5) is 0 Å². The first kappa shape index (κ1) is 27.4. The zero-order valence-corrected chi connectivity index (χ0v) is 22.7. The summed E-state index contributed by atoms with van der Waals surface area (Å²) in [5, 5.41) is 9.63. The SMILES string of the molecule is CC[C@@H]1CN(Cc2cc(C(CC(=O)O)c3ccc(C(=O)N(C)C)o3)ccc2C)S(=O)(=O)c2ccccc2O1. The van der Waals surface area contributed by atoms with Gasteiger partial charge in [0.05, 0.1) is 18.9 Å². The molecule has 0 spiro atoms. The molecule has 1 N–H and O–H groups in total. The highest BCUT2D eigenvalue weighted by Crippen LogP contribution is 2.35. The monoisotopic (exact) mass is 540 g/mol. The van der Waals surface area contributed by atoms with E-state index in [4.69, 9.17) is 9.15 Å². The topological polar surface area (TPSA) is 117 Å². The molecular formula is C28H32N2O7S. The Bertz CT molecular complexity index is 1440. The summed E-state index contributed by atoms with van der Waals surface area (Å²) in [5.41, 5.74) is 2.27. The van der Waals surface area contributed by atoms with Gasteiger partial charge in [0.25, 0.3) is 5.91 Å². The van der Waals surface area contributed by atoms with Gasteiger partial charge in [-0.1, -0.05) is 37.3 Å². The van der Waals surface area contributed by atoms with Gasteiger partial charge in [0, 0.05) is 20.6 Å². The smallest absolute Gasteiger partial charge is 0.304 e. The van der Waals surface area contributed by atoms with E-state index in [0.29, 0.717) is 23.5 Å². The Morgan fingerprint density at radius 3 is 2.55 bits per heavy atom. The average Bonchev–Trinajstić information content (AvgIpc) is 3.33. The number of aliphatic carboxylic acids is 1. The second kappa shape index (κ2) is 11.0. The van der Waals surface area contributed by atoms with Gasteiger partial charge in [0.15, 0.2) is 5.76 Å². The van der Waals surface area contributed by atoms with Crippen molar-refractivity contribution in [2.45, 2.75) is 50.2 Å². The maximum Gasteiger partial charge on any atom is 0.304 e. The summed E-state index contributed by atoms with van der Waals surface area (Å²) < 4.78 is 40.5. The highest BCUT2D eigenvalue weighted by Gasteiger charge is 2.34. The standard InChI is InChI=1S/C28H32N2O7S/c1-5-21-17-30(38(34,35)26-9-7-6-8-24(26)36-21)16-20-14-19(11-10-18(20)2)22(15-27(31)32)23-12-13-25(37-23)28(33)29(3)4/h6-14,21-22H,5,15-17H2,1-4H3,(H,31,32)/t21-,22?/m1/s1. The number of amides is 1. The van der Waals surface area contributed by atoms with Crippen molar-refractivity contribution in [3.05, 3.63) is 82.8 Å². The van der Waals surface area contributed by atoms with Gasteiger partial charge in [-0.25, -0.2) is 8.42 Å². The maximum atomic E-state index is 13.6. The summed E-state index contributed by atoms with van der Waals surface area (Å²) >= 11 is 0. The van der Waals surface area contributed by atoms with Crippen molar-refractivity contribution in [3.63, 3.8) is 0 Å². The molecule has 10 heteroatoms. The molecule has 2 heterocycles. The Kier molecular flexibility index (Phi) is 7.94. The molecule has 1 aliphatic heterocycles. The van der Waals surface area contributed by atoms with Gasteiger partial charge in [0.1, 0.15) is 22.5 Å². The summed E-state index contributed by atoms with van der Waals surface area (Å²) in [6, 6.07) is 15.3. The first-order valence-corrected chi connectivity index (χ1v) is 13.8. The number of hydrogen-bond acceptors (Lipinski definition) is 6. The van der Waals surface area contributed by atoms with Gasteiger partial charge in [-0.3, -0.25) is 9.59 Å². The van der Waals surface area contributed by atoms with Crippen molar-refractivity contribution in [1.29, 1.82) is 0 Å². The lowest BCUT2D eigenvalue weighted by atomic mass is 9.90. The molecule has 0 radical (unpaired) electrons. The Morgan fingerprint density at radius 1 is 1.13 bits per heavy atom. The summed E-state index contributed by atoms with van der Waals surface area (Å²) in [7, 11) is -0.630. The van der Waals surface area contributed by atoms with Crippen molar-refractivity contribution in [2.75, 3.05) is 20.6 Å². The maximum absolute atomic E-state index is 13.6. The van der Waals surface area contributed by atoms with E-state index in [9.17, 15) is 23.1 Å². The second-order valence-electron chi connectivity index (χ2n) is 9.63. The van der Waals surface area contributed by atoms with Crippen molar-refractivity contribution < 1.29 is 32.3 Å². The lowest BCUT2D eigenvalue weighted by Gasteiger charge is -2.24. The van der Waals surface area contributed by atoms with Gasteiger partial charge >= 0.3 is 5.97 Å². The Morgan fingerprint density at radius 2 is 1.87 bits per heavy atom. The molecular weight excluding hydrogens is 508 g/mol. The third-order valence-electron chi connectivity index (χ3n) is 6.71. The number of hydrogen-bond donors (Lipinski definition) is 1. The van der Waals surface area contributed by atoms with Crippen molar-refractivity contribution >= 4 is 21.9 Å². The minimum atomic E-state index is -3.84. The molecule has 2 atom stereocenters. The van der Waals surface area contributed by atoms with E-state index in [-0.39, 0.29) is 42.2 Å². The molecule has 1 aromatic heterocycles. The molecule has 0 fully saturated rings. The number of carbonyl (C=O) groups is 2. The molecule has 38 heavy (non-hydrogen) atoms. The van der Waals surface area contributed by atoms with E-state index in [1.165, 1.54) is 15.3 Å². The van der Waals surface area contributed by atoms with Crippen LogP contribution < -0.4 is 4.74 Å². The molecule has 0 saturated carbocycles. The number of benzene rings is 2. The van der Waals surface area contributed by atoms with Crippen molar-refractivity contribution in [2.24, 2.45) is 0 Å². The van der Waals surface area contributed by atoms with Gasteiger partial charge < -0.3 is 19.2 Å². The highest BCUT2D eigenvalue weighted by molar-refractivity contribution is 7.89. The molecule has 1 unspecified atom stereocenters. The summed E-state index contributed by atoms with van der Waals surface area (Å²) in [4.78, 5) is 25.6. The fraction of sp³-hybridized carbons (Fsp3) is 0.357. The molecule has 2 aromatic carbocycles. The number of sulfonamides is 1. The van der Waals surface area contributed by atoms with E-state index in [1.807, 2.05) is 32.0 Å². The number of para-hydroxylation sites is 1. The first-order chi connectivity index (χ1) is 18.0. The second-order valence-corrected chi connectivity index (χ2v) is 11.5. The van der Waals surface area contributed by atoms with Crippen LogP contribution in [0.2, 0.25) is 0 Å². The van der Waals surface area contributed by atoms with E-state index in [0.717, 1.165) is 11.1 Å². The number of aryl methyl sites for hydroxylation is 1. The van der Waals surface area contributed by atoms with Crippen LogP contribution in [0.3, 0.4) is 0 Å². The van der Waals surface area contributed by atoms with Crippen LogP contribution in [0, 0.1) is 6.92 Å². The van der Waals surface area contributed by atoms with Crippen LogP contribution in [0.15, 0.2) is 63.9 Å². The predicted molar refractivity (Wildman–Crippen MR) is 141 cm³/mol.